The Labute approximate surface area is 122 Å². The number of hydrogen-bond acceptors (Lipinski definition) is 4. The fourth-order valence-corrected chi connectivity index (χ4v) is 4.60. The summed E-state index contributed by atoms with van der Waals surface area (Å²) < 4.78 is 34.0. The van der Waals surface area contributed by atoms with Gasteiger partial charge in [0.2, 0.25) is 0 Å². The average molecular weight is 305 g/mol. The summed E-state index contributed by atoms with van der Waals surface area (Å²) in [7, 11) is -3.38. The third-order valence-electron chi connectivity index (χ3n) is 3.98. The van der Waals surface area contributed by atoms with E-state index in [4.69, 9.17) is 4.74 Å². The predicted octanol–water partition coefficient (Wildman–Crippen LogP) is 0.416. The minimum absolute atomic E-state index is 0.0217. The maximum atomic E-state index is 12.8. The number of nitrogens with zero attached hydrogens (tertiary/aromatic N) is 2. The Balaban J connectivity index is 2.05. The van der Waals surface area contributed by atoms with Gasteiger partial charge < -0.3 is 10.1 Å². The van der Waals surface area contributed by atoms with Gasteiger partial charge in [-0.15, -0.1) is 0 Å². The van der Waals surface area contributed by atoms with Crippen LogP contribution >= 0.6 is 0 Å². The van der Waals surface area contributed by atoms with Gasteiger partial charge in [0, 0.05) is 31.7 Å². The zero-order valence-corrected chi connectivity index (χ0v) is 13.4. The van der Waals surface area contributed by atoms with Gasteiger partial charge in [-0.3, -0.25) is 0 Å². The molecule has 2 saturated heterocycles. The van der Waals surface area contributed by atoms with E-state index in [0.29, 0.717) is 32.8 Å². The summed E-state index contributed by atoms with van der Waals surface area (Å²) in [6, 6.07) is 0.258. The van der Waals surface area contributed by atoms with Crippen LogP contribution in [0.1, 0.15) is 33.1 Å². The fraction of sp³-hybridized carbons (Fsp3) is 1.00. The lowest BCUT2D eigenvalue weighted by Gasteiger charge is -2.37. The average Bonchev–Trinajstić information content (AvgIpc) is 2.46. The Kier molecular flexibility index (Phi) is 5.80. The number of piperidine rings is 1. The topological polar surface area (TPSA) is 61.9 Å². The molecule has 0 saturated carbocycles. The van der Waals surface area contributed by atoms with Gasteiger partial charge in [-0.05, 0) is 33.2 Å². The van der Waals surface area contributed by atoms with Crippen LogP contribution in [0.4, 0.5) is 0 Å². The Morgan fingerprint density at radius 1 is 1.30 bits per heavy atom. The highest BCUT2D eigenvalue weighted by Gasteiger charge is 2.34. The van der Waals surface area contributed by atoms with E-state index in [1.807, 2.05) is 13.8 Å². The molecule has 0 aromatic heterocycles. The smallest absolute Gasteiger partial charge is 0.282 e. The number of ether oxygens (including phenoxy) is 1. The third kappa shape index (κ3) is 3.92. The second-order valence-corrected chi connectivity index (χ2v) is 7.71. The molecule has 0 aromatic rings. The lowest BCUT2D eigenvalue weighted by molar-refractivity contribution is 0.0691. The van der Waals surface area contributed by atoms with Crippen LogP contribution in [0.3, 0.4) is 0 Å². The van der Waals surface area contributed by atoms with Crippen molar-refractivity contribution in [1.82, 2.24) is 13.9 Å². The highest BCUT2D eigenvalue weighted by atomic mass is 32.2. The molecule has 0 amide bonds. The van der Waals surface area contributed by atoms with Crippen molar-refractivity contribution in [3.63, 3.8) is 0 Å². The Hall–Kier alpha value is -0.210. The van der Waals surface area contributed by atoms with Crippen LogP contribution in [-0.4, -0.2) is 68.5 Å². The second-order valence-electron chi connectivity index (χ2n) is 5.83. The number of hydrogen-bond donors (Lipinski definition) is 1. The molecule has 2 fully saturated rings. The standard InChI is InChI=1S/C13H27N3O3S/c1-12(2)16(11-13-5-3-4-6-14-13)20(17,18)15-7-9-19-10-8-15/h12-14H,3-11H2,1-2H3. The molecule has 1 unspecified atom stereocenters. The third-order valence-corrected chi connectivity index (χ3v) is 6.16. The minimum Gasteiger partial charge on any atom is -0.379 e. The van der Waals surface area contributed by atoms with Gasteiger partial charge in [0.1, 0.15) is 0 Å². The van der Waals surface area contributed by atoms with Crippen molar-refractivity contribution < 1.29 is 13.2 Å². The highest BCUT2D eigenvalue weighted by molar-refractivity contribution is 7.86. The van der Waals surface area contributed by atoms with Gasteiger partial charge in [0.25, 0.3) is 10.2 Å². The Bertz CT molecular complexity index is 388. The maximum Gasteiger partial charge on any atom is 0.282 e. The van der Waals surface area contributed by atoms with Gasteiger partial charge in [0.15, 0.2) is 0 Å². The van der Waals surface area contributed by atoms with Crippen LogP contribution in [0.5, 0.6) is 0 Å². The van der Waals surface area contributed by atoms with Crippen LogP contribution < -0.4 is 5.32 Å². The molecule has 0 bridgehead atoms. The van der Waals surface area contributed by atoms with E-state index in [1.54, 1.807) is 8.61 Å². The largest absolute Gasteiger partial charge is 0.379 e. The quantitative estimate of drug-likeness (QED) is 0.799. The summed E-state index contributed by atoms with van der Waals surface area (Å²) in [5, 5.41) is 3.43. The Morgan fingerprint density at radius 3 is 2.55 bits per heavy atom. The van der Waals surface area contributed by atoms with E-state index >= 15 is 0 Å². The maximum absolute atomic E-state index is 12.8. The molecule has 7 heteroatoms. The van der Waals surface area contributed by atoms with Gasteiger partial charge in [-0.2, -0.15) is 17.0 Å². The van der Waals surface area contributed by atoms with Gasteiger partial charge in [-0.1, -0.05) is 6.42 Å². The van der Waals surface area contributed by atoms with Crippen LogP contribution in [0, 0.1) is 0 Å². The predicted molar refractivity (Wildman–Crippen MR) is 78.8 cm³/mol. The van der Waals surface area contributed by atoms with Crippen LogP contribution in [0.2, 0.25) is 0 Å². The van der Waals surface area contributed by atoms with Crippen molar-refractivity contribution in [2.75, 3.05) is 39.4 Å². The molecule has 2 aliphatic rings. The monoisotopic (exact) mass is 305 g/mol. The van der Waals surface area contributed by atoms with E-state index < -0.39 is 10.2 Å². The molecule has 0 spiro atoms. The first kappa shape index (κ1) is 16.2. The SMILES string of the molecule is CC(C)N(CC1CCCCN1)S(=O)(=O)N1CCOCC1. The van der Waals surface area contributed by atoms with E-state index in [-0.39, 0.29) is 12.1 Å². The first-order valence-corrected chi connectivity index (χ1v) is 8.99. The van der Waals surface area contributed by atoms with E-state index in [1.165, 1.54) is 12.8 Å². The van der Waals surface area contributed by atoms with Gasteiger partial charge in [-0.25, -0.2) is 0 Å². The normalized spacial score (nSPS) is 26.3. The van der Waals surface area contributed by atoms with E-state index in [2.05, 4.69) is 5.32 Å². The number of morpholine rings is 1. The molecule has 20 heavy (non-hydrogen) atoms. The lowest BCUT2D eigenvalue weighted by atomic mass is 10.1. The fourth-order valence-electron chi connectivity index (χ4n) is 2.79. The summed E-state index contributed by atoms with van der Waals surface area (Å²) >= 11 is 0. The van der Waals surface area contributed by atoms with Crippen molar-refractivity contribution >= 4 is 10.2 Å². The van der Waals surface area contributed by atoms with Crippen molar-refractivity contribution in [3.05, 3.63) is 0 Å². The summed E-state index contributed by atoms with van der Waals surface area (Å²) in [6.07, 6.45) is 3.43. The molecular formula is C13H27N3O3S. The van der Waals surface area contributed by atoms with E-state index in [0.717, 1.165) is 13.0 Å². The zero-order valence-electron chi connectivity index (χ0n) is 12.5. The molecule has 2 aliphatic heterocycles. The molecule has 2 heterocycles. The van der Waals surface area contributed by atoms with Crippen LogP contribution in [-0.2, 0) is 14.9 Å². The molecule has 6 nitrogen and oxygen atoms in total. The van der Waals surface area contributed by atoms with Crippen molar-refractivity contribution in [2.24, 2.45) is 0 Å². The molecule has 0 aliphatic carbocycles. The molecule has 1 atom stereocenters. The highest BCUT2D eigenvalue weighted by Crippen LogP contribution is 2.17. The summed E-state index contributed by atoms with van der Waals surface area (Å²) in [6.45, 7) is 7.36. The van der Waals surface area contributed by atoms with Crippen molar-refractivity contribution in [1.29, 1.82) is 0 Å². The van der Waals surface area contributed by atoms with Gasteiger partial charge >= 0.3 is 0 Å². The minimum atomic E-state index is -3.38. The van der Waals surface area contributed by atoms with Crippen molar-refractivity contribution in [2.45, 2.75) is 45.2 Å². The summed E-state index contributed by atoms with van der Waals surface area (Å²) in [5.74, 6) is 0. The van der Waals surface area contributed by atoms with Gasteiger partial charge in [0.05, 0.1) is 13.2 Å². The van der Waals surface area contributed by atoms with Crippen LogP contribution in [0.25, 0.3) is 0 Å². The lowest BCUT2D eigenvalue weighted by Crippen LogP contribution is -2.54. The first-order valence-electron chi connectivity index (χ1n) is 7.60. The Morgan fingerprint density at radius 2 is 2.00 bits per heavy atom. The zero-order chi connectivity index (χ0) is 14.6. The van der Waals surface area contributed by atoms with Crippen LogP contribution in [0.15, 0.2) is 0 Å². The molecular weight excluding hydrogens is 278 g/mol. The number of nitrogens with one attached hydrogen (secondary N) is 1. The molecule has 0 aromatic carbocycles. The molecule has 0 radical (unpaired) electrons. The second kappa shape index (κ2) is 7.17. The summed E-state index contributed by atoms with van der Waals surface area (Å²) in [5.41, 5.74) is 0. The van der Waals surface area contributed by atoms with Crippen molar-refractivity contribution in [3.8, 4) is 0 Å². The summed E-state index contributed by atoms with van der Waals surface area (Å²) in [4.78, 5) is 0. The van der Waals surface area contributed by atoms with E-state index in [9.17, 15) is 8.42 Å². The number of rotatable bonds is 5. The molecule has 118 valence electrons. The first-order chi connectivity index (χ1) is 9.51. The molecule has 2 rings (SSSR count). The molecule has 1 N–H and O–H groups in total.